The number of benzene rings is 2. The number of rotatable bonds is 1. The summed E-state index contributed by atoms with van der Waals surface area (Å²) in [6, 6.07) is 9.37. The van der Waals surface area contributed by atoms with Gasteiger partial charge in [0.1, 0.15) is 5.82 Å². The zero-order valence-corrected chi connectivity index (χ0v) is 11.3. The Labute approximate surface area is 120 Å². The molecule has 1 aliphatic heterocycles. The van der Waals surface area contributed by atoms with E-state index in [2.05, 4.69) is 0 Å². The molecule has 5 heteroatoms. The van der Waals surface area contributed by atoms with Crippen molar-refractivity contribution in [3.8, 4) is 0 Å². The average molecular weight is 291 g/mol. The topological polar surface area (TPSA) is 46.3 Å². The molecule has 3 nitrogen and oxygen atoms in total. The molecule has 0 fully saturated rings. The molecule has 0 spiro atoms. The molecule has 2 N–H and O–H groups in total. The summed E-state index contributed by atoms with van der Waals surface area (Å²) in [5, 5.41) is 0.335. The van der Waals surface area contributed by atoms with Crippen LogP contribution in [0, 0.1) is 5.82 Å². The maximum atomic E-state index is 13.8. The van der Waals surface area contributed by atoms with Gasteiger partial charge in [0.25, 0.3) is 5.91 Å². The highest BCUT2D eigenvalue weighted by Crippen LogP contribution is 2.33. The van der Waals surface area contributed by atoms with E-state index in [0.717, 1.165) is 11.3 Å². The number of carbonyl (C=O) groups is 1. The van der Waals surface area contributed by atoms with E-state index in [1.54, 1.807) is 17.0 Å². The van der Waals surface area contributed by atoms with E-state index >= 15 is 0 Å². The molecule has 102 valence electrons. The van der Waals surface area contributed by atoms with Crippen LogP contribution in [-0.2, 0) is 6.42 Å². The van der Waals surface area contributed by atoms with Gasteiger partial charge in [-0.25, -0.2) is 4.39 Å². The van der Waals surface area contributed by atoms with Crippen molar-refractivity contribution in [3.63, 3.8) is 0 Å². The standard InChI is InChI=1S/C15H12ClFN2O/c16-9-4-5-12(17)11(8-9)15(20)19-7-6-10-13(18)2-1-3-14(10)19/h1-5,8H,6-7,18H2. The van der Waals surface area contributed by atoms with Crippen molar-refractivity contribution in [3.05, 3.63) is 58.4 Å². The number of halogens is 2. The van der Waals surface area contributed by atoms with Crippen molar-refractivity contribution in [1.29, 1.82) is 0 Å². The summed E-state index contributed by atoms with van der Waals surface area (Å²) in [6.07, 6.45) is 0.677. The van der Waals surface area contributed by atoms with Crippen molar-refractivity contribution in [2.75, 3.05) is 17.2 Å². The highest BCUT2D eigenvalue weighted by atomic mass is 35.5. The SMILES string of the molecule is Nc1cccc2c1CCN2C(=O)c1cc(Cl)ccc1F. The van der Waals surface area contributed by atoms with Crippen LogP contribution < -0.4 is 10.6 Å². The van der Waals surface area contributed by atoms with Crippen LogP contribution in [0.25, 0.3) is 0 Å². The van der Waals surface area contributed by atoms with Crippen molar-refractivity contribution in [2.24, 2.45) is 0 Å². The minimum Gasteiger partial charge on any atom is -0.398 e. The van der Waals surface area contributed by atoms with Crippen LogP contribution in [0.2, 0.25) is 5.02 Å². The van der Waals surface area contributed by atoms with Crippen molar-refractivity contribution in [2.45, 2.75) is 6.42 Å². The number of amides is 1. The van der Waals surface area contributed by atoms with E-state index in [-0.39, 0.29) is 5.56 Å². The zero-order chi connectivity index (χ0) is 14.3. The van der Waals surface area contributed by atoms with Crippen LogP contribution >= 0.6 is 11.6 Å². The van der Waals surface area contributed by atoms with Gasteiger partial charge >= 0.3 is 0 Å². The fourth-order valence-corrected chi connectivity index (χ4v) is 2.65. The Hall–Kier alpha value is -2.07. The Morgan fingerprint density at radius 1 is 1.30 bits per heavy atom. The van der Waals surface area contributed by atoms with E-state index in [4.69, 9.17) is 17.3 Å². The molecule has 0 unspecified atom stereocenters. The van der Waals surface area contributed by atoms with Crippen LogP contribution in [0.1, 0.15) is 15.9 Å². The molecular weight excluding hydrogens is 279 g/mol. The van der Waals surface area contributed by atoms with Gasteiger partial charge in [-0.1, -0.05) is 17.7 Å². The summed E-state index contributed by atoms with van der Waals surface area (Å²) >= 11 is 5.84. The third-order valence-corrected chi connectivity index (χ3v) is 3.70. The molecule has 0 saturated carbocycles. The van der Waals surface area contributed by atoms with Crippen molar-refractivity contribution >= 4 is 28.9 Å². The van der Waals surface area contributed by atoms with Crippen LogP contribution in [-0.4, -0.2) is 12.5 Å². The fraction of sp³-hybridized carbons (Fsp3) is 0.133. The third kappa shape index (κ3) is 2.02. The quantitative estimate of drug-likeness (QED) is 0.819. The maximum absolute atomic E-state index is 13.8. The number of carbonyl (C=O) groups excluding carboxylic acids is 1. The molecule has 3 rings (SSSR count). The normalized spacial score (nSPS) is 13.4. The van der Waals surface area contributed by atoms with Crippen molar-refractivity contribution < 1.29 is 9.18 Å². The van der Waals surface area contributed by atoms with Gasteiger partial charge in [0.05, 0.1) is 5.56 Å². The highest BCUT2D eigenvalue weighted by Gasteiger charge is 2.28. The van der Waals surface area contributed by atoms with E-state index in [0.29, 0.717) is 23.7 Å². The minimum atomic E-state index is -0.572. The molecule has 2 aromatic rings. The molecule has 20 heavy (non-hydrogen) atoms. The van der Waals surface area contributed by atoms with E-state index in [9.17, 15) is 9.18 Å². The lowest BCUT2D eigenvalue weighted by molar-refractivity contribution is 0.0985. The Bertz CT molecular complexity index is 702. The summed E-state index contributed by atoms with van der Waals surface area (Å²) in [7, 11) is 0. The fourth-order valence-electron chi connectivity index (χ4n) is 2.48. The summed E-state index contributed by atoms with van der Waals surface area (Å²) in [6.45, 7) is 0.494. The number of nitrogens with two attached hydrogens (primary N) is 1. The van der Waals surface area contributed by atoms with Crippen molar-refractivity contribution in [1.82, 2.24) is 0 Å². The number of anilines is 2. The first-order chi connectivity index (χ1) is 9.58. The third-order valence-electron chi connectivity index (χ3n) is 3.47. The first kappa shape index (κ1) is 12.9. The molecule has 2 aromatic carbocycles. The second-order valence-electron chi connectivity index (χ2n) is 4.68. The second-order valence-corrected chi connectivity index (χ2v) is 5.11. The van der Waals surface area contributed by atoms with E-state index in [1.807, 2.05) is 6.07 Å². The molecule has 1 amide bonds. The number of fused-ring (bicyclic) bond motifs is 1. The predicted octanol–water partition coefficient (Wildman–Crippen LogP) is 3.26. The Morgan fingerprint density at radius 3 is 2.90 bits per heavy atom. The Balaban J connectivity index is 2.02. The Kier molecular flexibility index (Phi) is 3.10. The molecule has 0 radical (unpaired) electrons. The highest BCUT2D eigenvalue weighted by molar-refractivity contribution is 6.31. The molecule has 0 bridgehead atoms. The molecule has 0 atom stereocenters. The van der Waals surface area contributed by atoms with Crippen LogP contribution in [0.5, 0.6) is 0 Å². The van der Waals surface area contributed by atoms with Gasteiger partial charge in [-0.15, -0.1) is 0 Å². The van der Waals surface area contributed by atoms with Crippen LogP contribution in [0.4, 0.5) is 15.8 Å². The van der Waals surface area contributed by atoms with Gasteiger partial charge in [0, 0.05) is 28.5 Å². The predicted molar refractivity (Wildman–Crippen MR) is 77.6 cm³/mol. The van der Waals surface area contributed by atoms with Crippen LogP contribution in [0.3, 0.4) is 0 Å². The maximum Gasteiger partial charge on any atom is 0.261 e. The molecule has 0 aromatic heterocycles. The lowest BCUT2D eigenvalue weighted by atomic mass is 10.1. The zero-order valence-electron chi connectivity index (χ0n) is 10.6. The van der Waals surface area contributed by atoms with E-state index < -0.39 is 11.7 Å². The molecular formula is C15H12ClFN2O. The minimum absolute atomic E-state index is 0.0206. The number of nitrogen functional groups attached to an aromatic ring is 1. The lowest BCUT2D eigenvalue weighted by Gasteiger charge is -2.18. The molecule has 0 saturated heterocycles. The van der Waals surface area contributed by atoms with Gasteiger partial charge < -0.3 is 10.6 Å². The monoisotopic (exact) mass is 290 g/mol. The smallest absolute Gasteiger partial charge is 0.261 e. The van der Waals surface area contributed by atoms with E-state index in [1.165, 1.54) is 18.2 Å². The van der Waals surface area contributed by atoms with Gasteiger partial charge in [-0.2, -0.15) is 0 Å². The first-order valence-electron chi connectivity index (χ1n) is 6.22. The van der Waals surface area contributed by atoms with Crippen LogP contribution in [0.15, 0.2) is 36.4 Å². The lowest BCUT2D eigenvalue weighted by Crippen LogP contribution is -2.29. The second kappa shape index (κ2) is 4.80. The number of hydrogen-bond acceptors (Lipinski definition) is 2. The Morgan fingerprint density at radius 2 is 2.10 bits per heavy atom. The largest absolute Gasteiger partial charge is 0.398 e. The van der Waals surface area contributed by atoms with Gasteiger partial charge in [-0.3, -0.25) is 4.79 Å². The summed E-state index contributed by atoms with van der Waals surface area (Å²) in [4.78, 5) is 14.0. The first-order valence-corrected chi connectivity index (χ1v) is 6.60. The summed E-state index contributed by atoms with van der Waals surface area (Å²) in [5.41, 5.74) is 8.21. The van der Waals surface area contributed by atoms with Gasteiger partial charge in [-0.05, 0) is 36.8 Å². The summed E-state index contributed by atoms with van der Waals surface area (Å²) < 4.78 is 13.8. The molecule has 0 aliphatic carbocycles. The van der Waals surface area contributed by atoms with Gasteiger partial charge in [0.15, 0.2) is 0 Å². The molecule has 1 heterocycles. The number of hydrogen-bond donors (Lipinski definition) is 1. The molecule has 1 aliphatic rings. The van der Waals surface area contributed by atoms with Gasteiger partial charge in [0.2, 0.25) is 0 Å². The number of nitrogens with zero attached hydrogens (tertiary/aromatic N) is 1. The average Bonchev–Trinajstić information content (AvgIpc) is 2.86. The summed E-state index contributed by atoms with van der Waals surface area (Å²) in [5.74, 6) is -0.967.